The summed E-state index contributed by atoms with van der Waals surface area (Å²) in [5.74, 6) is -0.669. The van der Waals surface area contributed by atoms with Crippen molar-refractivity contribution in [3.8, 4) is 0 Å². The monoisotopic (exact) mass is 477 g/mol. The molecule has 0 saturated carbocycles. The number of rotatable bonds is 9. The summed E-state index contributed by atoms with van der Waals surface area (Å²) in [5.41, 5.74) is 1.54. The molecule has 0 fully saturated rings. The summed E-state index contributed by atoms with van der Waals surface area (Å²) in [6.07, 6.45) is 2.12. The van der Waals surface area contributed by atoms with E-state index in [-0.39, 0.29) is 22.7 Å². The van der Waals surface area contributed by atoms with E-state index in [4.69, 9.17) is 4.42 Å². The van der Waals surface area contributed by atoms with Crippen LogP contribution in [0.3, 0.4) is 0 Å². The first-order valence-electron chi connectivity index (χ1n) is 9.65. The number of oxazole rings is 1. The second-order valence-electron chi connectivity index (χ2n) is 7.13. The highest BCUT2D eigenvalue weighted by molar-refractivity contribution is 7.98. The number of fused-ring (bicyclic) bond motifs is 1. The Labute approximate surface area is 189 Å². The molecule has 1 amide bonds. The highest BCUT2D eigenvalue weighted by Crippen LogP contribution is 2.19. The lowest BCUT2D eigenvalue weighted by atomic mass is 10.1. The lowest BCUT2D eigenvalue weighted by molar-refractivity contribution is -0.117. The van der Waals surface area contributed by atoms with Crippen molar-refractivity contribution in [3.05, 3.63) is 58.6 Å². The van der Waals surface area contributed by atoms with Gasteiger partial charge in [0.05, 0.1) is 10.4 Å². The Kier molecular flexibility index (Phi) is 7.22. The molecule has 3 rings (SSSR count). The van der Waals surface area contributed by atoms with Crippen LogP contribution in [-0.2, 0) is 21.9 Å². The lowest BCUT2D eigenvalue weighted by Crippen LogP contribution is -2.44. The van der Waals surface area contributed by atoms with Gasteiger partial charge in [-0.25, -0.2) is 13.2 Å². The van der Waals surface area contributed by atoms with Gasteiger partial charge < -0.3 is 9.73 Å². The maximum Gasteiger partial charge on any atom is 0.419 e. The highest BCUT2D eigenvalue weighted by atomic mass is 32.2. The summed E-state index contributed by atoms with van der Waals surface area (Å²) in [7, 11) is -2.56. The molecule has 2 N–H and O–H groups in total. The molecule has 0 saturated heterocycles. The molecule has 3 aromatic rings. The van der Waals surface area contributed by atoms with E-state index >= 15 is 0 Å². The van der Waals surface area contributed by atoms with E-state index in [0.29, 0.717) is 22.5 Å². The average Bonchev–Trinajstić information content (AvgIpc) is 3.04. The van der Waals surface area contributed by atoms with Gasteiger partial charge in [0, 0.05) is 24.4 Å². The zero-order chi connectivity index (χ0) is 23.5. The van der Waals surface area contributed by atoms with Crippen LogP contribution in [0, 0.1) is 0 Å². The zero-order valence-corrected chi connectivity index (χ0v) is 19.4. The topological polar surface area (TPSA) is 127 Å². The summed E-state index contributed by atoms with van der Waals surface area (Å²) >= 11 is 1.48. The van der Waals surface area contributed by atoms with Gasteiger partial charge in [-0.05, 0) is 61.8 Å². The van der Waals surface area contributed by atoms with Crippen LogP contribution in [0.4, 0.5) is 5.69 Å². The first kappa shape index (κ1) is 23.8. The minimum atomic E-state index is -4.08. The number of aryl methyl sites for hydroxylation is 1. The van der Waals surface area contributed by atoms with Crippen molar-refractivity contribution in [2.24, 2.45) is 7.05 Å². The minimum Gasteiger partial charge on any atom is -0.408 e. The van der Waals surface area contributed by atoms with Gasteiger partial charge in [0.2, 0.25) is 15.9 Å². The van der Waals surface area contributed by atoms with Crippen LogP contribution in [0.15, 0.2) is 56.6 Å². The van der Waals surface area contributed by atoms with E-state index in [2.05, 4.69) is 10.0 Å². The van der Waals surface area contributed by atoms with Gasteiger partial charge in [-0.15, -0.1) is 0 Å². The number of amides is 1. The molecule has 170 valence electrons. The van der Waals surface area contributed by atoms with E-state index in [1.807, 2.05) is 6.26 Å². The molecule has 0 radical (unpaired) electrons. The smallest absolute Gasteiger partial charge is 0.408 e. The van der Waals surface area contributed by atoms with Crippen LogP contribution >= 0.6 is 11.8 Å². The standard InChI is InChI=1S/C21H23N3O6S2/c1-13(25)14-4-6-15(7-5-14)22-20(26)17(10-11-31-3)23-32(28,29)16-8-9-18-19(12-16)30-21(27)24(18)2/h4-9,12,17,23H,10-11H2,1-3H3,(H,22,26)/t17-/m1/s1. The van der Waals surface area contributed by atoms with Gasteiger partial charge in [0.15, 0.2) is 11.4 Å². The molecule has 0 unspecified atom stereocenters. The van der Waals surface area contributed by atoms with Crippen LogP contribution in [0.2, 0.25) is 0 Å². The van der Waals surface area contributed by atoms with Gasteiger partial charge in [0.25, 0.3) is 0 Å². The Bertz CT molecular complexity index is 1310. The van der Waals surface area contributed by atoms with E-state index in [1.165, 1.54) is 48.5 Å². The van der Waals surface area contributed by atoms with Gasteiger partial charge in [-0.2, -0.15) is 16.5 Å². The number of ketones is 1. The average molecular weight is 478 g/mol. The molecule has 0 bridgehead atoms. The van der Waals surface area contributed by atoms with Crippen molar-refractivity contribution in [3.63, 3.8) is 0 Å². The van der Waals surface area contributed by atoms with Crippen molar-refractivity contribution in [2.75, 3.05) is 17.3 Å². The number of aromatic nitrogens is 1. The second-order valence-corrected chi connectivity index (χ2v) is 9.83. The summed E-state index contributed by atoms with van der Waals surface area (Å²) in [6.45, 7) is 1.44. The third-order valence-corrected chi connectivity index (χ3v) is 6.97. The molecule has 0 aliphatic carbocycles. The van der Waals surface area contributed by atoms with E-state index in [1.54, 1.807) is 24.3 Å². The third-order valence-electron chi connectivity index (χ3n) is 4.86. The number of hydrogen-bond acceptors (Lipinski definition) is 7. The lowest BCUT2D eigenvalue weighted by Gasteiger charge is -2.18. The van der Waals surface area contributed by atoms with Crippen LogP contribution < -0.4 is 15.8 Å². The zero-order valence-electron chi connectivity index (χ0n) is 17.7. The Morgan fingerprint density at radius 1 is 1.16 bits per heavy atom. The van der Waals surface area contributed by atoms with Crippen molar-refractivity contribution >= 4 is 50.3 Å². The molecule has 9 nitrogen and oxygen atoms in total. The number of nitrogens with zero attached hydrogens (tertiary/aromatic N) is 1. The molecule has 11 heteroatoms. The van der Waals surface area contributed by atoms with Gasteiger partial charge in [-0.1, -0.05) is 0 Å². The van der Waals surface area contributed by atoms with Crippen molar-refractivity contribution in [1.29, 1.82) is 0 Å². The number of anilines is 1. The van der Waals surface area contributed by atoms with E-state index in [0.717, 1.165) is 0 Å². The van der Waals surface area contributed by atoms with Crippen molar-refractivity contribution in [2.45, 2.75) is 24.3 Å². The molecule has 0 aliphatic rings. The number of carbonyl (C=O) groups is 2. The van der Waals surface area contributed by atoms with Gasteiger partial charge >= 0.3 is 5.76 Å². The van der Waals surface area contributed by atoms with Crippen molar-refractivity contribution in [1.82, 2.24) is 9.29 Å². The molecule has 0 spiro atoms. The largest absolute Gasteiger partial charge is 0.419 e. The summed E-state index contributed by atoms with van der Waals surface area (Å²) < 4.78 is 34.7. The third kappa shape index (κ3) is 5.29. The van der Waals surface area contributed by atoms with E-state index in [9.17, 15) is 22.8 Å². The Morgan fingerprint density at radius 2 is 1.84 bits per heavy atom. The fraction of sp³-hybridized carbons (Fsp3) is 0.286. The number of carbonyl (C=O) groups excluding carboxylic acids is 2. The number of benzene rings is 2. The highest BCUT2D eigenvalue weighted by Gasteiger charge is 2.26. The fourth-order valence-electron chi connectivity index (χ4n) is 3.03. The van der Waals surface area contributed by atoms with Crippen LogP contribution in [-0.4, -0.2) is 42.7 Å². The fourth-order valence-corrected chi connectivity index (χ4v) is 4.75. The first-order valence-corrected chi connectivity index (χ1v) is 12.5. The number of thioether (sulfide) groups is 1. The summed E-state index contributed by atoms with van der Waals surface area (Å²) in [6, 6.07) is 9.39. The van der Waals surface area contributed by atoms with E-state index < -0.39 is 27.7 Å². The van der Waals surface area contributed by atoms with Gasteiger partial charge in [-0.3, -0.25) is 14.2 Å². The maximum absolute atomic E-state index is 13.0. The SMILES string of the molecule is CSCC[C@@H](NS(=O)(=O)c1ccc2c(c1)oc(=O)n2C)C(=O)Nc1ccc(C(C)=O)cc1. The van der Waals surface area contributed by atoms with Crippen molar-refractivity contribution < 1.29 is 22.4 Å². The van der Waals surface area contributed by atoms with Crippen LogP contribution in [0.25, 0.3) is 11.1 Å². The number of sulfonamides is 1. The molecular formula is C21H23N3O6S2. The number of hydrogen-bond donors (Lipinski definition) is 2. The van der Waals surface area contributed by atoms with Crippen LogP contribution in [0.1, 0.15) is 23.7 Å². The quantitative estimate of drug-likeness (QED) is 0.453. The molecule has 2 aromatic carbocycles. The molecule has 32 heavy (non-hydrogen) atoms. The minimum absolute atomic E-state index is 0.0975. The normalized spacial score (nSPS) is 12.6. The molecule has 0 aliphatic heterocycles. The predicted octanol–water partition coefficient (Wildman–Crippen LogP) is 2.37. The van der Waals surface area contributed by atoms with Crippen LogP contribution in [0.5, 0.6) is 0 Å². The summed E-state index contributed by atoms with van der Waals surface area (Å²) in [4.78, 5) is 35.8. The maximum atomic E-state index is 13.0. The molecule has 1 heterocycles. The number of Topliss-reactive ketones (excluding diaryl/α,β-unsaturated/α-hetero) is 1. The molecule has 1 atom stereocenters. The Hall–Kier alpha value is -2.89. The first-order chi connectivity index (χ1) is 15.1. The Morgan fingerprint density at radius 3 is 2.47 bits per heavy atom. The van der Waals surface area contributed by atoms with Gasteiger partial charge in [0.1, 0.15) is 6.04 Å². The predicted molar refractivity (Wildman–Crippen MR) is 124 cm³/mol. The second kappa shape index (κ2) is 9.72. The number of nitrogens with one attached hydrogen (secondary N) is 2. The summed E-state index contributed by atoms with van der Waals surface area (Å²) in [5, 5.41) is 2.68. The Balaban J connectivity index is 1.82. The molecular weight excluding hydrogens is 454 g/mol. The molecule has 1 aromatic heterocycles.